The number of rotatable bonds is 7. The van der Waals surface area contributed by atoms with Gasteiger partial charge in [0, 0.05) is 6.20 Å². The van der Waals surface area contributed by atoms with Crippen LogP contribution >= 0.6 is 0 Å². The van der Waals surface area contributed by atoms with Crippen LogP contribution in [0.3, 0.4) is 0 Å². The van der Waals surface area contributed by atoms with E-state index in [1.807, 2.05) is 18.2 Å². The summed E-state index contributed by atoms with van der Waals surface area (Å²) in [6.07, 6.45) is 4.09. The van der Waals surface area contributed by atoms with Gasteiger partial charge in [0.15, 0.2) is 6.29 Å². The van der Waals surface area contributed by atoms with E-state index in [1.54, 1.807) is 22.9 Å². The Kier molecular flexibility index (Phi) is 5.12. The first-order chi connectivity index (χ1) is 9.79. The molecule has 0 unspecified atom stereocenters. The van der Waals surface area contributed by atoms with Gasteiger partial charge in [0.05, 0.1) is 12.3 Å². The lowest BCUT2D eigenvalue weighted by Gasteiger charge is -2.07. The third-order valence-electron chi connectivity index (χ3n) is 3.00. The molecular formula is C16H17NO3. The van der Waals surface area contributed by atoms with Crippen molar-refractivity contribution in [3.05, 3.63) is 59.9 Å². The summed E-state index contributed by atoms with van der Waals surface area (Å²) >= 11 is 0. The normalized spacial score (nSPS) is 10.2. The van der Waals surface area contributed by atoms with Crippen LogP contribution in [0.15, 0.2) is 48.7 Å². The minimum absolute atomic E-state index is 0.0758. The molecule has 1 aromatic carbocycles. The van der Waals surface area contributed by atoms with E-state index < -0.39 is 0 Å². The molecule has 0 amide bonds. The summed E-state index contributed by atoms with van der Waals surface area (Å²) < 4.78 is 6.74. The van der Waals surface area contributed by atoms with Gasteiger partial charge in [-0.3, -0.25) is 9.59 Å². The Morgan fingerprint density at radius 1 is 1.15 bits per heavy atom. The van der Waals surface area contributed by atoms with Crippen molar-refractivity contribution in [3.8, 4) is 0 Å². The third-order valence-corrected chi connectivity index (χ3v) is 3.00. The Hall–Kier alpha value is -2.36. The molecule has 2 aromatic rings. The number of hydrogen-bond acceptors (Lipinski definition) is 3. The zero-order chi connectivity index (χ0) is 14.2. The molecule has 0 spiro atoms. The van der Waals surface area contributed by atoms with E-state index in [1.165, 1.54) is 5.56 Å². The van der Waals surface area contributed by atoms with Crippen LogP contribution in [-0.4, -0.2) is 23.4 Å². The molecule has 104 valence electrons. The largest absolute Gasteiger partial charge is 0.464 e. The Morgan fingerprint density at radius 2 is 1.95 bits per heavy atom. The molecule has 0 aliphatic heterocycles. The molecule has 0 radical (unpaired) electrons. The lowest BCUT2D eigenvalue weighted by molar-refractivity contribution is -0.144. The van der Waals surface area contributed by atoms with Gasteiger partial charge in [-0.05, 0) is 30.5 Å². The third kappa shape index (κ3) is 4.09. The number of carbonyl (C=O) groups is 2. The smallest absolute Gasteiger partial charge is 0.325 e. The molecule has 4 nitrogen and oxygen atoms in total. The van der Waals surface area contributed by atoms with E-state index in [0.29, 0.717) is 12.3 Å². The standard InChI is InChI=1S/C16H17NO3/c18-13-15-9-4-10-17(15)12-16(19)20-11-5-8-14-6-2-1-3-7-14/h1-4,6-7,9-10,13H,5,8,11-12H2. The number of aromatic nitrogens is 1. The highest BCUT2D eigenvalue weighted by Crippen LogP contribution is 2.03. The Balaban J connectivity index is 1.69. The summed E-state index contributed by atoms with van der Waals surface area (Å²) in [5, 5.41) is 0. The zero-order valence-corrected chi connectivity index (χ0v) is 11.2. The van der Waals surface area contributed by atoms with E-state index in [4.69, 9.17) is 4.74 Å². The molecule has 1 aromatic heterocycles. The number of benzene rings is 1. The van der Waals surface area contributed by atoms with Crippen molar-refractivity contribution in [2.24, 2.45) is 0 Å². The van der Waals surface area contributed by atoms with Gasteiger partial charge >= 0.3 is 5.97 Å². The lowest BCUT2D eigenvalue weighted by atomic mass is 10.1. The Labute approximate surface area is 118 Å². The first-order valence-electron chi connectivity index (χ1n) is 6.59. The van der Waals surface area contributed by atoms with Crippen LogP contribution in [0.2, 0.25) is 0 Å². The van der Waals surface area contributed by atoms with Crippen molar-refractivity contribution in [1.82, 2.24) is 4.57 Å². The summed E-state index contributed by atoms with van der Waals surface area (Å²) in [6.45, 7) is 0.470. The molecule has 20 heavy (non-hydrogen) atoms. The number of hydrogen-bond donors (Lipinski definition) is 0. The molecule has 0 N–H and O–H groups in total. The van der Waals surface area contributed by atoms with Crippen LogP contribution in [0.25, 0.3) is 0 Å². The first-order valence-corrected chi connectivity index (χ1v) is 6.59. The van der Waals surface area contributed by atoms with Crippen LogP contribution in [-0.2, 0) is 22.5 Å². The molecular weight excluding hydrogens is 254 g/mol. The fourth-order valence-corrected chi connectivity index (χ4v) is 1.97. The second-order valence-electron chi connectivity index (χ2n) is 4.49. The summed E-state index contributed by atoms with van der Waals surface area (Å²) in [4.78, 5) is 22.3. The lowest BCUT2D eigenvalue weighted by Crippen LogP contribution is -2.15. The fourth-order valence-electron chi connectivity index (χ4n) is 1.97. The van der Waals surface area contributed by atoms with E-state index >= 15 is 0 Å². The van der Waals surface area contributed by atoms with Crippen molar-refractivity contribution >= 4 is 12.3 Å². The summed E-state index contributed by atoms with van der Waals surface area (Å²) in [6, 6.07) is 13.5. The molecule has 2 rings (SSSR count). The average molecular weight is 271 g/mol. The van der Waals surface area contributed by atoms with Gasteiger partial charge in [-0.25, -0.2) is 0 Å². The minimum atomic E-state index is -0.322. The number of aldehydes is 1. The number of ether oxygens (including phenoxy) is 1. The monoisotopic (exact) mass is 271 g/mol. The topological polar surface area (TPSA) is 48.3 Å². The second kappa shape index (κ2) is 7.28. The SMILES string of the molecule is O=Cc1cccn1CC(=O)OCCCc1ccccc1. The number of aryl methyl sites for hydroxylation is 1. The van der Waals surface area contributed by atoms with Crippen molar-refractivity contribution in [1.29, 1.82) is 0 Å². The molecule has 0 bridgehead atoms. The quantitative estimate of drug-likeness (QED) is 0.441. The van der Waals surface area contributed by atoms with Gasteiger partial charge in [0.1, 0.15) is 6.54 Å². The van der Waals surface area contributed by atoms with Crippen LogP contribution in [0.1, 0.15) is 22.5 Å². The summed E-state index contributed by atoms with van der Waals surface area (Å²) in [5.41, 5.74) is 1.71. The van der Waals surface area contributed by atoms with Gasteiger partial charge in [-0.15, -0.1) is 0 Å². The first kappa shape index (κ1) is 14.1. The van der Waals surface area contributed by atoms with Gasteiger partial charge in [-0.1, -0.05) is 30.3 Å². The van der Waals surface area contributed by atoms with Crippen LogP contribution < -0.4 is 0 Å². The molecule has 0 saturated heterocycles. The highest BCUT2D eigenvalue weighted by molar-refractivity contribution is 5.75. The maximum atomic E-state index is 11.6. The van der Waals surface area contributed by atoms with E-state index in [0.717, 1.165) is 19.1 Å². The van der Waals surface area contributed by atoms with Gasteiger partial charge in [-0.2, -0.15) is 0 Å². The number of esters is 1. The number of nitrogens with zero attached hydrogens (tertiary/aromatic N) is 1. The Morgan fingerprint density at radius 3 is 2.70 bits per heavy atom. The molecule has 4 heteroatoms. The van der Waals surface area contributed by atoms with Crippen LogP contribution in [0.5, 0.6) is 0 Å². The maximum absolute atomic E-state index is 11.6. The van der Waals surface area contributed by atoms with Crippen LogP contribution in [0.4, 0.5) is 0 Å². The second-order valence-corrected chi connectivity index (χ2v) is 4.49. The predicted octanol–water partition coefficient (Wildman–Crippen LogP) is 2.48. The van der Waals surface area contributed by atoms with Gasteiger partial charge < -0.3 is 9.30 Å². The summed E-state index contributed by atoms with van der Waals surface area (Å²) in [7, 11) is 0. The van der Waals surface area contributed by atoms with E-state index in [9.17, 15) is 9.59 Å². The molecule has 0 aliphatic rings. The van der Waals surface area contributed by atoms with Gasteiger partial charge in [0.2, 0.25) is 0 Å². The van der Waals surface area contributed by atoms with Crippen molar-refractivity contribution < 1.29 is 14.3 Å². The Bertz CT molecular complexity index is 560. The minimum Gasteiger partial charge on any atom is -0.464 e. The predicted molar refractivity (Wildman–Crippen MR) is 75.5 cm³/mol. The van der Waals surface area contributed by atoms with Crippen molar-refractivity contribution in [2.45, 2.75) is 19.4 Å². The molecule has 1 heterocycles. The fraction of sp³-hybridized carbons (Fsp3) is 0.250. The highest BCUT2D eigenvalue weighted by atomic mass is 16.5. The van der Waals surface area contributed by atoms with Crippen LogP contribution in [0, 0.1) is 0 Å². The average Bonchev–Trinajstić information content (AvgIpc) is 2.92. The van der Waals surface area contributed by atoms with E-state index in [2.05, 4.69) is 12.1 Å². The molecule has 0 fully saturated rings. The van der Waals surface area contributed by atoms with Crippen molar-refractivity contribution in [2.75, 3.05) is 6.61 Å². The number of carbonyl (C=O) groups excluding carboxylic acids is 2. The maximum Gasteiger partial charge on any atom is 0.325 e. The molecule has 0 aliphatic carbocycles. The molecule has 0 atom stereocenters. The highest BCUT2D eigenvalue weighted by Gasteiger charge is 2.06. The van der Waals surface area contributed by atoms with E-state index in [-0.39, 0.29) is 12.5 Å². The van der Waals surface area contributed by atoms with Gasteiger partial charge in [0.25, 0.3) is 0 Å². The van der Waals surface area contributed by atoms with Crippen molar-refractivity contribution in [3.63, 3.8) is 0 Å². The molecule has 0 saturated carbocycles. The zero-order valence-electron chi connectivity index (χ0n) is 11.2. The summed E-state index contributed by atoms with van der Waals surface area (Å²) in [5.74, 6) is -0.322.